The highest BCUT2D eigenvalue weighted by molar-refractivity contribution is 7.89. The molecule has 2 heterocycles. The summed E-state index contributed by atoms with van der Waals surface area (Å²) < 4.78 is 27.2. The minimum atomic E-state index is -3.58. The first kappa shape index (κ1) is 21.7. The zero-order chi connectivity index (χ0) is 21.9. The van der Waals surface area contributed by atoms with Crippen molar-refractivity contribution in [3.8, 4) is 0 Å². The maximum atomic E-state index is 13.2. The molecule has 2 saturated heterocycles. The molecule has 3 fully saturated rings. The summed E-state index contributed by atoms with van der Waals surface area (Å²) in [4.78, 5) is 29.0. The lowest BCUT2D eigenvalue weighted by Crippen LogP contribution is -3.16. The second-order valence-corrected chi connectivity index (χ2v) is 11.9. The number of hydrogen-bond acceptors (Lipinski definition) is 4. The predicted molar refractivity (Wildman–Crippen MR) is 112 cm³/mol. The van der Waals surface area contributed by atoms with Crippen LogP contribution in [0.4, 0.5) is 0 Å². The third kappa shape index (κ3) is 3.20. The standard InChI is InChI=1S/C21H28ClN3O4S/c1-20(2)17-8-9-21(20,3)19(27)25(18(17)26)14-23-10-12-24(13-11-23)30(28,29)16-6-4-15(22)5-7-16/h4-7,17H,8-14H2,1-3H3/p+1/t17-,21-/m0/s1. The van der Waals surface area contributed by atoms with Crippen LogP contribution in [0, 0.1) is 16.7 Å². The van der Waals surface area contributed by atoms with Crippen LogP contribution in [-0.4, -0.2) is 62.3 Å². The largest absolute Gasteiger partial charge is 0.315 e. The molecule has 1 saturated carbocycles. The number of likely N-dealkylation sites (tertiary alicyclic amines) is 1. The molecule has 2 aliphatic heterocycles. The topological polar surface area (TPSA) is 79.2 Å². The summed E-state index contributed by atoms with van der Waals surface area (Å²) in [6.07, 6.45) is 1.50. The molecule has 2 bridgehead atoms. The van der Waals surface area contributed by atoms with Crippen LogP contribution in [0.1, 0.15) is 33.6 Å². The fraction of sp³-hybridized carbons (Fsp3) is 0.619. The number of hydrogen-bond donors (Lipinski definition) is 1. The van der Waals surface area contributed by atoms with Crippen molar-refractivity contribution >= 4 is 33.4 Å². The zero-order valence-corrected chi connectivity index (χ0v) is 19.2. The van der Waals surface area contributed by atoms with E-state index in [1.165, 1.54) is 21.3 Å². The SMILES string of the molecule is CC1(C)[C@H]2CC[C@@]1(C)C(=O)N(C[NH+]1CCN(S(=O)(=O)c3ccc(Cl)cc3)CC1)C2=O. The van der Waals surface area contributed by atoms with Crippen molar-refractivity contribution in [1.29, 1.82) is 0 Å². The molecular formula is C21H29ClN3O4S+. The van der Waals surface area contributed by atoms with E-state index in [0.29, 0.717) is 37.9 Å². The summed E-state index contributed by atoms with van der Waals surface area (Å²) >= 11 is 5.86. The van der Waals surface area contributed by atoms with Gasteiger partial charge < -0.3 is 4.90 Å². The van der Waals surface area contributed by atoms with Crippen LogP contribution in [0.5, 0.6) is 0 Å². The third-order valence-electron chi connectivity index (χ3n) is 7.77. The lowest BCUT2D eigenvalue weighted by Gasteiger charge is -2.48. The van der Waals surface area contributed by atoms with Gasteiger partial charge in [0.05, 0.1) is 36.5 Å². The van der Waals surface area contributed by atoms with E-state index in [1.807, 2.05) is 20.8 Å². The molecule has 9 heteroatoms. The second-order valence-electron chi connectivity index (χ2n) is 9.48. The normalized spacial score (nSPS) is 30.1. The smallest absolute Gasteiger partial charge is 0.243 e. The summed E-state index contributed by atoms with van der Waals surface area (Å²) in [7, 11) is -3.58. The molecule has 0 aromatic heterocycles. The summed E-state index contributed by atoms with van der Waals surface area (Å²) in [6.45, 7) is 8.17. The molecule has 164 valence electrons. The number of carbonyl (C=O) groups is 2. The van der Waals surface area contributed by atoms with Gasteiger partial charge in [-0.2, -0.15) is 4.31 Å². The molecule has 1 aromatic carbocycles. The number of piperazine rings is 1. The number of carbonyl (C=O) groups excluding carboxylic acids is 2. The Bertz CT molecular complexity index is 970. The fourth-order valence-electron chi connectivity index (χ4n) is 5.23. The van der Waals surface area contributed by atoms with Gasteiger partial charge in [0.1, 0.15) is 0 Å². The van der Waals surface area contributed by atoms with Gasteiger partial charge in [-0.15, -0.1) is 0 Å². The number of halogens is 1. The van der Waals surface area contributed by atoms with Gasteiger partial charge in [0, 0.05) is 10.9 Å². The number of benzene rings is 1. The Morgan fingerprint density at radius 2 is 1.70 bits per heavy atom. The highest BCUT2D eigenvalue weighted by atomic mass is 35.5. The van der Waals surface area contributed by atoms with Crippen LogP contribution in [0.3, 0.4) is 0 Å². The highest BCUT2D eigenvalue weighted by Gasteiger charge is 2.64. The summed E-state index contributed by atoms with van der Waals surface area (Å²) in [5.41, 5.74) is -0.830. The second kappa shape index (κ2) is 7.29. The number of fused-ring (bicyclic) bond motifs is 2. The van der Waals surface area contributed by atoms with E-state index >= 15 is 0 Å². The number of nitrogens with one attached hydrogen (secondary N) is 1. The van der Waals surface area contributed by atoms with Crippen molar-refractivity contribution in [2.75, 3.05) is 32.8 Å². The van der Waals surface area contributed by atoms with E-state index in [1.54, 1.807) is 12.1 Å². The van der Waals surface area contributed by atoms with Gasteiger partial charge in [0.2, 0.25) is 21.8 Å². The summed E-state index contributed by atoms with van der Waals surface area (Å²) in [5.74, 6) is -0.259. The van der Waals surface area contributed by atoms with Crippen molar-refractivity contribution in [2.45, 2.75) is 38.5 Å². The molecule has 1 N–H and O–H groups in total. The number of rotatable bonds is 4. The molecule has 7 nitrogen and oxygen atoms in total. The Morgan fingerprint density at radius 1 is 1.10 bits per heavy atom. The molecule has 0 spiro atoms. The monoisotopic (exact) mass is 454 g/mol. The van der Waals surface area contributed by atoms with Gasteiger partial charge >= 0.3 is 0 Å². The minimum Gasteiger partial charge on any atom is -0.315 e. The Kier molecular flexibility index (Phi) is 5.28. The first-order valence-electron chi connectivity index (χ1n) is 10.4. The van der Waals surface area contributed by atoms with Crippen molar-refractivity contribution in [3.05, 3.63) is 29.3 Å². The average Bonchev–Trinajstić information content (AvgIpc) is 2.90. The summed E-state index contributed by atoms with van der Waals surface area (Å²) in [6, 6.07) is 6.17. The van der Waals surface area contributed by atoms with Crippen molar-refractivity contribution < 1.29 is 22.9 Å². The van der Waals surface area contributed by atoms with Crippen LogP contribution in [-0.2, 0) is 19.6 Å². The van der Waals surface area contributed by atoms with E-state index in [2.05, 4.69) is 0 Å². The Balaban J connectivity index is 1.43. The third-order valence-corrected chi connectivity index (χ3v) is 9.94. The number of imide groups is 1. The number of amides is 2. The molecule has 3 aliphatic rings. The molecule has 4 rings (SSSR count). The molecular weight excluding hydrogens is 426 g/mol. The lowest BCUT2D eigenvalue weighted by atomic mass is 9.62. The lowest BCUT2D eigenvalue weighted by molar-refractivity contribution is -0.911. The molecule has 0 unspecified atom stereocenters. The number of quaternary nitrogens is 1. The minimum absolute atomic E-state index is 0.0660. The van der Waals surface area contributed by atoms with E-state index in [0.717, 1.165) is 17.7 Å². The van der Waals surface area contributed by atoms with Gasteiger partial charge in [-0.3, -0.25) is 9.59 Å². The molecule has 0 radical (unpaired) electrons. The van der Waals surface area contributed by atoms with E-state index in [4.69, 9.17) is 11.6 Å². The molecule has 30 heavy (non-hydrogen) atoms. The van der Waals surface area contributed by atoms with Gasteiger partial charge in [-0.05, 0) is 42.5 Å². The number of nitrogens with zero attached hydrogens (tertiary/aromatic N) is 2. The Morgan fingerprint density at radius 3 is 2.30 bits per heavy atom. The van der Waals surface area contributed by atoms with Gasteiger partial charge in [0.25, 0.3) is 0 Å². The molecule has 2 amide bonds. The van der Waals surface area contributed by atoms with Crippen LogP contribution >= 0.6 is 11.6 Å². The van der Waals surface area contributed by atoms with E-state index in [-0.39, 0.29) is 28.0 Å². The highest BCUT2D eigenvalue weighted by Crippen LogP contribution is 2.59. The molecule has 1 aliphatic carbocycles. The van der Waals surface area contributed by atoms with E-state index < -0.39 is 15.4 Å². The van der Waals surface area contributed by atoms with Gasteiger partial charge in [-0.25, -0.2) is 13.3 Å². The van der Waals surface area contributed by atoms with E-state index in [9.17, 15) is 18.0 Å². The first-order valence-corrected chi connectivity index (χ1v) is 12.3. The summed E-state index contributed by atoms with van der Waals surface area (Å²) in [5, 5.41) is 0.491. The van der Waals surface area contributed by atoms with Crippen LogP contribution in [0.25, 0.3) is 0 Å². The van der Waals surface area contributed by atoms with Crippen LogP contribution < -0.4 is 4.90 Å². The van der Waals surface area contributed by atoms with Gasteiger partial charge in [0.15, 0.2) is 6.67 Å². The number of piperidine rings is 1. The maximum absolute atomic E-state index is 13.2. The fourth-order valence-corrected chi connectivity index (χ4v) is 6.80. The molecule has 1 aromatic rings. The maximum Gasteiger partial charge on any atom is 0.243 e. The van der Waals surface area contributed by atoms with Crippen molar-refractivity contribution in [1.82, 2.24) is 9.21 Å². The quantitative estimate of drug-likeness (QED) is 0.688. The Labute approximate surface area is 183 Å². The number of sulfonamides is 1. The van der Waals surface area contributed by atoms with Gasteiger partial charge in [-0.1, -0.05) is 32.4 Å². The van der Waals surface area contributed by atoms with Crippen LogP contribution in [0.2, 0.25) is 5.02 Å². The zero-order valence-electron chi connectivity index (χ0n) is 17.7. The Hall–Kier alpha value is -1.48. The van der Waals surface area contributed by atoms with Crippen molar-refractivity contribution in [3.63, 3.8) is 0 Å². The average molecular weight is 455 g/mol. The molecule has 2 atom stereocenters. The predicted octanol–water partition coefficient (Wildman–Crippen LogP) is 0.998. The van der Waals surface area contributed by atoms with Crippen molar-refractivity contribution in [2.24, 2.45) is 16.7 Å². The van der Waals surface area contributed by atoms with Crippen LogP contribution in [0.15, 0.2) is 29.2 Å². The first-order chi connectivity index (χ1) is 14.0.